The fraction of sp³-hybridized carbons (Fsp3) is 0.556. The minimum absolute atomic E-state index is 0.000322. The lowest BCUT2D eigenvalue weighted by Gasteiger charge is -2.42. The number of aliphatic carboxylic acids is 1. The number of thioether (sulfide) groups is 1. The molecule has 2 aliphatic carbocycles. The first-order valence-corrected chi connectivity index (χ1v) is 10.00. The van der Waals surface area contributed by atoms with Crippen LogP contribution in [-0.2, 0) is 9.59 Å². The number of carbonyl (C=O) groups excluding carboxylic acids is 1. The van der Waals surface area contributed by atoms with Crippen molar-refractivity contribution in [3.63, 3.8) is 0 Å². The summed E-state index contributed by atoms with van der Waals surface area (Å²) in [5.41, 5.74) is 0. The van der Waals surface area contributed by atoms with Gasteiger partial charge in [-0.3, -0.25) is 14.5 Å². The summed E-state index contributed by atoms with van der Waals surface area (Å²) in [5.74, 6) is 0.232. The summed E-state index contributed by atoms with van der Waals surface area (Å²) < 4.78 is 0. The predicted molar refractivity (Wildman–Crippen MR) is 99.1 cm³/mol. The van der Waals surface area contributed by atoms with Crippen molar-refractivity contribution >= 4 is 35.2 Å². The number of halogens is 1. The fourth-order valence-corrected chi connectivity index (χ4v) is 4.18. The van der Waals surface area contributed by atoms with Gasteiger partial charge in [-0.25, -0.2) is 0 Å². The van der Waals surface area contributed by atoms with Gasteiger partial charge in [0.1, 0.15) is 0 Å². The number of hydrogen-bond donors (Lipinski definition) is 2. The van der Waals surface area contributed by atoms with Gasteiger partial charge in [0.15, 0.2) is 0 Å². The van der Waals surface area contributed by atoms with E-state index in [0.29, 0.717) is 16.7 Å². The molecule has 25 heavy (non-hydrogen) atoms. The molecule has 1 amide bonds. The Morgan fingerprint density at radius 3 is 2.64 bits per heavy atom. The normalized spacial score (nSPS) is 22.5. The Balaban J connectivity index is 1.39. The van der Waals surface area contributed by atoms with Gasteiger partial charge in [-0.05, 0) is 43.7 Å². The molecule has 0 radical (unpaired) electrons. The highest BCUT2D eigenvalue weighted by Crippen LogP contribution is 2.34. The molecule has 136 valence electrons. The van der Waals surface area contributed by atoms with Gasteiger partial charge in [0.2, 0.25) is 5.91 Å². The Morgan fingerprint density at radius 1 is 1.28 bits per heavy atom. The monoisotopic (exact) mass is 382 g/mol. The van der Waals surface area contributed by atoms with Crippen LogP contribution in [0.3, 0.4) is 0 Å². The van der Waals surface area contributed by atoms with Gasteiger partial charge in [0.05, 0.1) is 17.3 Å². The van der Waals surface area contributed by atoms with E-state index in [9.17, 15) is 9.59 Å². The van der Waals surface area contributed by atoms with Crippen LogP contribution in [0.1, 0.15) is 25.7 Å². The quantitative estimate of drug-likeness (QED) is 0.643. The van der Waals surface area contributed by atoms with E-state index in [0.717, 1.165) is 24.3 Å². The molecule has 5 nitrogen and oxygen atoms in total. The van der Waals surface area contributed by atoms with Crippen LogP contribution in [0.15, 0.2) is 29.2 Å². The van der Waals surface area contributed by atoms with Crippen LogP contribution < -0.4 is 5.32 Å². The Bertz CT molecular complexity index is 633. The Hall–Kier alpha value is -1.24. The minimum atomic E-state index is -0.774. The van der Waals surface area contributed by atoms with Gasteiger partial charge < -0.3 is 10.4 Å². The van der Waals surface area contributed by atoms with E-state index >= 15 is 0 Å². The summed E-state index contributed by atoms with van der Waals surface area (Å²) in [5, 5.41) is 12.8. The number of hydrogen-bond acceptors (Lipinski definition) is 4. The zero-order chi connectivity index (χ0) is 17.8. The van der Waals surface area contributed by atoms with Crippen molar-refractivity contribution < 1.29 is 14.7 Å². The summed E-state index contributed by atoms with van der Waals surface area (Å²) in [6, 6.07) is 7.92. The molecule has 7 heteroatoms. The molecular formula is C18H23ClN2O3S. The van der Waals surface area contributed by atoms with Crippen molar-refractivity contribution in [1.82, 2.24) is 10.2 Å². The zero-order valence-corrected chi connectivity index (χ0v) is 15.6. The summed E-state index contributed by atoms with van der Waals surface area (Å²) in [4.78, 5) is 26.1. The molecule has 0 aromatic heterocycles. The molecule has 0 aliphatic heterocycles. The number of carbonyl (C=O) groups is 2. The van der Waals surface area contributed by atoms with Crippen molar-refractivity contribution in [1.29, 1.82) is 0 Å². The van der Waals surface area contributed by atoms with Gasteiger partial charge >= 0.3 is 5.97 Å². The average molecular weight is 383 g/mol. The van der Waals surface area contributed by atoms with Crippen LogP contribution in [0.5, 0.6) is 0 Å². The van der Waals surface area contributed by atoms with Gasteiger partial charge in [0, 0.05) is 23.5 Å². The lowest BCUT2D eigenvalue weighted by Crippen LogP contribution is -2.55. The highest BCUT2D eigenvalue weighted by molar-refractivity contribution is 8.00. The third-order valence-corrected chi connectivity index (χ3v) is 6.23. The molecule has 0 saturated heterocycles. The highest BCUT2D eigenvalue weighted by atomic mass is 35.5. The van der Waals surface area contributed by atoms with Crippen LogP contribution in [0.25, 0.3) is 0 Å². The number of nitrogens with zero attached hydrogens (tertiary/aromatic N) is 1. The summed E-state index contributed by atoms with van der Waals surface area (Å²) >= 11 is 7.52. The Kier molecular flexibility index (Phi) is 6.25. The van der Waals surface area contributed by atoms with E-state index in [4.69, 9.17) is 16.7 Å². The molecule has 3 rings (SSSR count). The first-order valence-electron chi connectivity index (χ1n) is 8.64. The predicted octanol–water partition coefficient (Wildman–Crippen LogP) is 2.88. The largest absolute Gasteiger partial charge is 0.480 e. The van der Waals surface area contributed by atoms with Crippen LogP contribution in [0.4, 0.5) is 0 Å². The zero-order valence-electron chi connectivity index (χ0n) is 14.0. The molecule has 1 aromatic carbocycles. The third-order valence-electron chi connectivity index (χ3n) is 4.72. The standard InChI is InChI=1S/C18H23ClN2O3S/c19-15-3-1-2-4-16(15)25-11-17(22)20-13-7-14(8-13)21(10-18(23)24)9-12-5-6-12/h1-4,12-14H,5-11H2,(H,20,22)(H,23,24). The van der Waals surface area contributed by atoms with E-state index in [-0.39, 0.29) is 24.5 Å². The topological polar surface area (TPSA) is 69.6 Å². The highest BCUT2D eigenvalue weighted by Gasteiger charge is 2.37. The summed E-state index contributed by atoms with van der Waals surface area (Å²) in [6.07, 6.45) is 4.09. The van der Waals surface area contributed by atoms with Crippen LogP contribution in [-0.4, -0.2) is 52.8 Å². The molecule has 2 aliphatic rings. The molecule has 0 spiro atoms. The lowest BCUT2D eigenvalue weighted by atomic mass is 9.85. The van der Waals surface area contributed by atoms with Crippen molar-refractivity contribution in [2.24, 2.45) is 5.92 Å². The molecule has 0 atom stereocenters. The van der Waals surface area contributed by atoms with Crippen molar-refractivity contribution in [3.05, 3.63) is 29.3 Å². The number of carboxylic acids is 1. The molecule has 0 unspecified atom stereocenters. The van der Waals surface area contributed by atoms with Gasteiger partial charge in [0.25, 0.3) is 0 Å². The van der Waals surface area contributed by atoms with E-state index in [1.807, 2.05) is 24.3 Å². The maximum absolute atomic E-state index is 12.1. The first kappa shape index (κ1) is 18.5. The van der Waals surface area contributed by atoms with Crippen LogP contribution in [0, 0.1) is 5.92 Å². The molecule has 2 N–H and O–H groups in total. The molecule has 2 saturated carbocycles. The lowest BCUT2D eigenvalue weighted by molar-refractivity contribution is -0.140. The van der Waals surface area contributed by atoms with Gasteiger partial charge in [-0.15, -0.1) is 11.8 Å². The van der Waals surface area contributed by atoms with E-state index in [1.54, 1.807) is 0 Å². The second-order valence-electron chi connectivity index (χ2n) is 6.88. The van der Waals surface area contributed by atoms with E-state index in [1.165, 1.54) is 24.6 Å². The van der Waals surface area contributed by atoms with Crippen molar-refractivity contribution in [2.45, 2.75) is 42.7 Å². The minimum Gasteiger partial charge on any atom is -0.480 e. The van der Waals surface area contributed by atoms with E-state index < -0.39 is 5.97 Å². The first-order chi connectivity index (χ1) is 12.0. The Morgan fingerprint density at radius 2 is 2.00 bits per heavy atom. The Labute approximate surface area is 157 Å². The molecular weight excluding hydrogens is 360 g/mol. The number of carboxylic acid groups (broad SMARTS) is 1. The molecule has 1 aromatic rings. The number of nitrogens with one attached hydrogen (secondary N) is 1. The molecule has 0 bridgehead atoms. The average Bonchev–Trinajstić information content (AvgIpc) is 3.32. The van der Waals surface area contributed by atoms with Crippen molar-refractivity contribution in [2.75, 3.05) is 18.8 Å². The fourth-order valence-electron chi connectivity index (χ4n) is 3.13. The third kappa shape index (κ3) is 5.62. The number of rotatable bonds is 9. The second kappa shape index (κ2) is 8.43. The number of benzene rings is 1. The molecule has 0 heterocycles. The SMILES string of the molecule is O=C(O)CN(CC1CC1)C1CC(NC(=O)CSc2ccccc2Cl)C1. The summed E-state index contributed by atoms with van der Waals surface area (Å²) in [7, 11) is 0. The number of amides is 1. The smallest absolute Gasteiger partial charge is 0.317 e. The van der Waals surface area contributed by atoms with Crippen LogP contribution in [0.2, 0.25) is 5.02 Å². The van der Waals surface area contributed by atoms with Crippen LogP contribution >= 0.6 is 23.4 Å². The maximum Gasteiger partial charge on any atom is 0.317 e. The van der Waals surface area contributed by atoms with Gasteiger partial charge in [-0.2, -0.15) is 0 Å². The maximum atomic E-state index is 12.1. The van der Waals surface area contributed by atoms with E-state index in [2.05, 4.69) is 10.2 Å². The second-order valence-corrected chi connectivity index (χ2v) is 8.30. The van der Waals surface area contributed by atoms with Crippen molar-refractivity contribution in [3.8, 4) is 0 Å². The molecule has 2 fully saturated rings. The van der Waals surface area contributed by atoms with Gasteiger partial charge in [-0.1, -0.05) is 23.7 Å². The summed E-state index contributed by atoms with van der Waals surface area (Å²) in [6.45, 7) is 0.976.